The molecule has 0 N–H and O–H groups in total. The smallest absolute Gasteiger partial charge is 0.249 e. The zero-order valence-electron chi connectivity index (χ0n) is 8.38. The van der Waals surface area contributed by atoms with E-state index in [9.17, 15) is 4.79 Å². The van der Waals surface area contributed by atoms with E-state index in [4.69, 9.17) is 4.84 Å². The summed E-state index contributed by atoms with van der Waals surface area (Å²) < 4.78 is 0. The highest BCUT2D eigenvalue weighted by atomic mass is 16.7. The quantitative estimate of drug-likeness (QED) is 0.617. The van der Waals surface area contributed by atoms with E-state index in [1.807, 2.05) is 0 Å². The summed E-state index contributed by atoms with van der Waals surface area (Å²) in [4.78, 5) is 17.1. The minimum absolute atomic E-state index is 0.199. The predicted molar refractivity (Wildman–Crippen MR) is 48.8 cm³/mol. The van der Waals surface area contributed by atoms with E-state index < -0.39 is 0 Å². The van der Waals surface area contributed by atoms with Crippen LogP contribution in [-0.4, -0.2) is 24.1 Å². The van der Waals surface area contributed by atoms with Gasteiger partial charge in [0.2, 0.25) is 5.91 Å². The van der Waals surface area contributed by atoms with Gasteiger partial charge < -0.3 is 0 Å². The van der Waals surface area contributed by atoms with Crippen LogP contribution in [0.4, 0.5) is 0 Å². The van der Waals surface area contributed by atoms with Gasteiger partial charge in [0.1, 0.15) is 0 Å². The van der Waals surface area contributed by atoms with Crippen molar-refractivity contribution in [3.8, 4) is 0 Å². The molecule has 2 fully saturated rings. The van der Waals surface area contributed by atoms with Crippen LogP contribution in [0.5, 0.6) is 0 Å². The number of amides is 1. The average molecular weight is 183 g/mol. The predicted octanol–water partition coefficient (Wildman–Crippen LogP) is 1.59. The van der Waals surface area contributed by atoms with Gasteiger partial charge in [0.25, 0.3) is 0 Å². The first-order valence-electron chi connectivity index (χ1n) is 5.05. The van der Waals surface area contributed by atoms with Gasteiger partial charge in [-0.05, 0) is 24.7 Å². The fraction of sp³-hybridized carbons (Fsp3) is 0.900. The first-order chi connectivity index (χ1) is 6.11. The van der Waals surface area contributed by atoms with Crippen molar-refractivity contribution in [3.05, 3.63) is 0 Å². The van der Waals surface area contributed by atoms with Gasteiger partial charge in [-0.15, -0.1) is 0 Å². The molecule has 3 nitrogen and oxygen atoms in total. The Balaban J connectivity index is 1.90. The van der Waals surface area contributed by atoms with E-state index >= 15 is 0 Å². The summed E-state index contributed by atoms with van der Waals surface area (Å²) in [7, 11) is 0. The van der Waals surface area contributed by atoms with Crippen molar-refractivity contribution in [2.45, 2.75) is 33.1 Å². The van der Waals surface area contributed by atoms with Crippen LogP contribution < -0.4 is 0 Å². The number of nitrogens with zero attached hydrogens (tertiary/aromatic N) is 1. The third kappa shape index (κ3) is 1.70. The van der Waals surface area contributed by atoms with Crippen LogP contribution in [0.1, 0.15) is 33.1 Å². The minimum Gasteiger partial charge on any atom is -0.272 e. The van der Waals surface area contributed by atoms with Crippen molar-refractivity contribution in [1.29, 1.82) is 0 Å². The van der Waals surface area contributed by atoms with Crippen LogP contribution in [0, 0.1) is 11.3 Å². The van der Waals surface area contributed by atoms with Gasteiger partial charge >= 0.3 is 0 Å². The van der Waals surface area contributed by atoms with Crippen molar-refractivity contribution in [2.75, 3.05) is 13.2 Å². The molecule has 0 aromatic rings. The number of hydrogen-bond donors (Lipinski definition) is 0. The monoisotopic (exact) mass is 183 g/mol. The molecule has 2 rings (SSSR count). The fourth-order valence-corrected chi connectivity index (χ4v) is 1.83. The molecule has 1 heterocycles. The summed E-state index contributed by atoms with van der Waals surface area (Å²) in [5, 5.41) is 1.57. The molecule has 0 bridgehead atoms. The van der Waals surface area contributed by atoms with Crippen LogP contribution in [0.2, 0.25) is 0 Å². The SMILES string of the molecule is CC1(C)CC1C(=O)N1CCCCO1. The maximum absolute atomic E-state index is 11.8. The molecule has 1 aliphatic carbocycles. The normalized spacial score (nSPS) is 31.5. The Kier molecular flexibility index (Phi) is 2.06. The first-order valence-corrected chi connectivity index (χ1v) is 5.05. The Morgan fingerprint density at radius 2 is 2.15 bits per heavy atom. The van der Waals surface area contributed by atoms with Crippen LogP contribution in [0.15, 0.2) is 0 Å². The second kappa shape index (κ2) is 2.98. The molecule has 0 aromatic carbocycles. The number of carbonyl (C=O) groups excluding carboxylic acids is 1. The lowest BCUT2D eigenvalue weighted by Crippen LogP contribution is -2.37. The second-order valence-corrected chi connectivity index (χ2v) is 4.73. The lowest BCUT2D eigenvalue weighted by Gasteiger charge is -2.26. The van der Waals surface area contributed by atoms with Gasteiger partial charge in [-0.2, -0.15) is 0 Å². The summed E-state index contributed by atoms with van der Waals surface area (Å²) in [5.74, 6) is 0.412. The van der Waals surface area contributed by atoms with Crippen LogP contribution in [-0.2, 0) is 9.63 Å². The zero-order chi connectivity index (χ0) is 9.47. The Hall–Kier alpha value is -0.570. The van der Waals surface area contributed by atoms with E-state index in [0.29, 0.717) is 6.61 Å². The molecule has 1 saturated carbocycles. The highest BCUT2D eigenvalue weighted by molar-refractivity contribution is 5.81. The van der Waals surface area contributed by atoms with Crippen LogP contribution in [0.3, 0.4) is 0 Å². The molecular formula is C10H17NO2. The van der Waals surface area contributed by atoms with E-state index in [1.165, 1.54) is 0 Å². The summed E-state index contributed by atoms with van der Waals surface area (Å²) in [6.07, 6.45) is 3.18. The van der Waals surface area contributed by atoms with E-state index in [0.717, 1.165) is 25.8 Å². The average Bonchev–Trinajstić information content (AvgIpc) is 2.76. The lowest BCUT2D eigenvalue weighted by atomic mass is 10.1. The maximum atomic E-state index is 11.8. The van der Waals surface area contributed by atoms with Gasteiger partial charge in [0.15, 0.2) is 0 Å². The van der Waals surface area contributed by atoms with Crippen LogP contribution in [0.25, 0.3) is 0 Å². The zero-order valence-corrected chi connectivity index (χ0v) is 8.38. The van der Waals surface area contributed by atoms with Gasteiger partial charge in [-0.25, -0.2) is 5.06 Å². The fourth-order valence-electron chi connectivity index (χ4n) is 1.83. The Bertz CT molecular complexity index is 219. The largest absolute Gasteiger partial charge is 0.272 e. The van der Waals surface area contributed by atoms with Gasteiger partial charge in [-0.3, -0.25) is 9.63 Å². The van der Waals surface area contributed by atoms with Crippen molar-refractivity contribution in [2.24, 2.45) is 11.3 Å². The molecule has 2 aliphatic rings. The summed E-state index contributed by atoms with van der Waals surface area (Å²) in [6.45, 7) is 5.77. The van der Waals surface area contributed by atoms with Gasteiger partial charge in [0.05, 0.1) is 6.61 Å². The van der Waals surface area contributed by atoms with Gasteiger partial charge in [0, 0.05) is 12.5 Å². The van der Waals surface area contributed by atoms with E-state index in [1.54, 1.807) is 5.06 Å². The van der Waals surface area contributed by atoms with Crippen molar-refractivity contribution in [1.82, 2.24) is 5.06 Å². The highest BCUT2D eigenvalue weighted by Crippen LogP contribution is 2.52. The van der Waals surface area contributed by atoms with Gasteiger partial charge in [-0.1, -0.05) is 13.8 Å². The minimum atomic E-state index is 0.199. The standard InChI is InChI=1S/C10H17NO2/c1-10(2)7-8(10)9(12)11-5-3-4-6-13-11/h8H,3-7H2,1-2H3. The second-order valence-electron chi connectivity index (χ2n) is 4.73. The van der Waals surface area contributed by atoms with E-state index in [-0.39, 0.29) is 17.2 Å². The Morgan fingerprint density at radius 1 is 1.46 bits per heavy atom. The Labute approximate surface area is 79.0 Å². The van der Waals surface area contributed by atoms with Crippen molar-refractivity contribution < 1.29 is 9.63 Å². The number of rotatable bonds is 1. The van der Waals surface area contributed by atoms with E-state index in [2.05, 4.69) is 13.8 Å². The highest BCUT2D eigenvalue weighted by Gasteiger charge is 2.52. The molecule has 1 amide bonds. The molecule has 74 valence electrons. The summed E-state index contributed by atoms with van der Waals surface area (Å²) in [6, 6.07) is 0. The lowest BCUT2D eigenvalue weighted by molar-refractivity contribution is -0.199. The topological polar surface area (TPSA) is 29.5 Å². The van der Waals surface area contributed by atoms with Crippen molar-refractivity contribution in [3.63, 3.8) is 0 Å². The number of carbonyl (C=O) groups is 1. The molecule has 0 spiro atoms. The molecule has 1 saturated heterocycles. The molecule has 13 heavy (non-hydrogen) atoms. The first kappa shape index (κ1) is 9.00. The van der Waals surface area contributed by atoms with Crippen molar-refractivity contribution >= 4 is 5.91 Å². The third-order valence-electron chi connectivity index (χ3n) is 3.06. The maximum Gasteiger partial charge on any atom is 0.249 e. The Morgan fingerprint density at radius 3 is 2.62 bits per heavy atom. The molecular weight excluding hydrogens is 166 g/mol. The summed E-state index contributed by atoms with van der Waals surface area (Å²) in [5.41, 5.74) is 0.220. The molecule has 0 radical (unpaired) electrons. The molecule has 0 aromatic heterocycles. The summed E-state index contributed by atoms with van der Waals surface area (Å²) >= 11 is 0. The van der Waals surface area contributed by atoms with Crippen LogP contribution >= 0.6 is 0 Å². The third-order valence-corrected chi connectivity index (χ3v) is 3.06. The number of hydroxylamine groups is 2. The molecule has 1 atom stereocenters. The number of hydrogen-bond acceptors (Lipinski definition) is 2. The molecule has 1 unspecified atom stereocenters. The molecule has 3 heteroatoms. The molecule has 1 aliphatic heterocycles.